The van der Waals surface area contributed by atoms with E-state index in [0.29, 0.717) is 11.0 Å². The molecule has 0 radical (unpaired) electrons. The Kier molecular flexibility index (Phi) is 2.40. The second-order valence-corrected chi connectivity index (χ2v) is 3.95. The average Bonchev–Trinajstić information content (AvgIpc) is 2.81. The van der Waals surface area contributed by atoms with Crippen molar-refractivity contribution in [3.8, 4) is 5.88 Å². The van der Waals surface area contributed by atoms with E-state index in [4.69, 9.17) is 16.3 Å². The van der Waals surface area contributed by atoms with Crippen LogP contribution < -0.4 is 4.74 Å². The molecule has 0 N–H and O–H groups in total. The first-order valence-electron chi connectivity index (χ1n) is 4.51. The van der Waals surface area contributed by atoms with E-state index in [1.165, 1.54) is 12.8 Å². The molecule has 1 aliphatic rings. The van der Waals surface area contributed by atoms with Gasteiger partial charge in [-0.3, -0.25) is 0 Å². The van der Waals surface area contributed by atoms with Crippen LogP contribution in [0.15, 0.2) is 12.1 Å². The lowest BCUT2D eigenvalue weighted by Gasteiger charge is -2.04. The molecule has 13 heavy (non-hydrogen) atoms. The highest BCUT2D eigenvalue weighted by atomic mass is 35.5. The number of aromatic nitrogens is 1. The quantitative estimate of drug-likeness (QED) is 0.696. The fourth-order valence-electron chi connectivity index (χ4n) is 1.16. The normalized spacial score (nSPS) is 15.8. The van der Waals surface area contributed by atoms with E-state index >= 15 is 0 Å². The van der Waals surface area contributed by atoms with Crippen molar-refractivity contribution in [2.24, 2.45) is 5.92 Å². The van der Waals surface area contributed by atoms with Gasteiger partial charge in [-0.15, -0.1) is 0 Å². The number of rotatable bonds is 3. The van der Waals surface area contributed by atoms with Crippen molar-refractivity contribution in [3.63, 3.8) is 0 Å². The number of hydrogen-bond acceptors (Lipinski definition) is 2. The Morgan fingerprint density at radius 2 is 2.31 bits per heavy atom. The zero-order valence-electron chi connectivity index (χ0n) is 7.59. The standard InChI is InChI=1S/C10H12ClNO/c1-7-4-9(11)12-10(5-7)13-6-8-2-3-8/h4-5,8H,2-3,6H2,1H3. The summed E-state index contributed by atoms with van der Waals surface area (Å²) in [7, 11) is 0. The smallest absolute Gasteiger partial charge is 0.214 e. The molecule has 0 atom stereocenters. The third-order valence-corrected chi connectivity index (χ3v) is 2.27. The monoisotopic (exact) mass is 197 g/mol. The number of halogens is 1. The summed E-state index contributed by atoms with van der Waals surface area (Å²) in [5.41, 5.74) is 1.09. The molecule has 1 aromatic rings. The minimum atomic E-state index is 0.505. The average molecular weight is 198 g/mol. The molecule has 1 heterocycles. The first-order valence-corrected chi connectivity index (χ1v) is 4.89. The van der Waals surface area contributed by atoms with Gasteiger partial charge in [0.15, 0.2) is 0 Å². The zero-order valence-corrected chi connectivity index (χ0v) is 8.34. The minimum Gasteiger partial charge on any atom is -0.477 e. The van der Waals surface area contributed by atoms with Crippen molar-refractivity contribution in [2.75, 3.05) is 6.61 Å². The lowest BCUT2D eigenvalue weighted by Crippen LogP contribution is -2.00. The van der Waals surface area contributed by atoms with Crippen LogP contribution in [0.25, 0.3) is 0 Å². The number of nitrogens with zero attached hydrogens (tertiary/aromatic N) is 1. The minimum absolute atomic E-state index is 0.505. The van der Waals surface area contributed by atoms with E-state index in [2.05, 4.69) is 4.98 Å². The van der Waals surface area contributed by atoms with Crippen LogP contribution in [0, 0.1) is 12.8 Å². The molecule has 3 heteroatoms. The number of ether oxygens (including phenoxy) is 1. The molecule has 0 unspecified atom stereocenters. The maximum Gasteiger partial charge on any atom is 0.214 e. The van der Waals surface area contributed by atoms with Crippen molar-refractivity contribution in [1.82, 2.24) is 4.98 Å². The zero-order chi connectivity index (χ0) is 9.26. The summed E-state index contributed by atoms with van der Waals surface area (Å²) >= 11 is 5.79. The van der Waals surface area contributed by atoms with E-state index < -0.39 is 0 Å². The van der Waals surface area contributed by atoms with E-state index in [1.54, 1.807) is 0 Å². The molecule has 1 saturated carbocycles. The third-order valence-electron chi connectivity index (χ3n) is 2.08. The van der Waals surface area contributed by atoms with Crippen molar-refractivity contribution < 1.29 is 4.74 Å². The van der Waals surface area contributed by atoms with Crippen LogP contribution in [0.5, 0.6) is 5.88 Å². The number of aryl methyl sites for hydroxylation is 1. The van der Waals surface area contributed by atoms with Crippen LogP contribution in [0.1, 0.15) is 18.4 Å². The maximum atomic E-state index is 5.79. The summed E-state index contributed by atoms with van der Waals surface area (Å²) in [5.74, 6) is 1.40. The second-order valence-electron chi connectivity index (χ2n) is 3.56. The predicted octanol–water partition coefficient (Wildman–Crippen LogP) is 2.83. The Morgan fingerprint density at radius 1 is 1.54 bits per heavy atom. The van der Waals surface area contributed by atoms with Crippen LogP contribution in [-0.2, 0) is 0 Å². The largest absolute Gasteiger partial charge is 0.477 e. The highest BCUT2D eigenvalue weighted by Gasteiger charge is 2.22. The molecule has 0 bridgehead atoms. The van der Waals surface area contributed by atoms with Crippen LogP contribution in [0.2, 0.25) is 5.15 Å². The molecular weight excluding hydrogens is 186 g/mol. The number of hydrogen-bond donors (Lipinski definition) is 0. The van der Waals surface area contributed by atoms with Gasteiger partial charge in [0, 0.05) is 6.07 Å². The summed E-state index contributed by atoms with van der Waals surface area (Å²) in [6.07, 6.45) is 2.58. The molecular formula is C10H12ClNO. The predicted molar refractivity (Wildman–Crippen MR) is 52.2 cm³/mol. The van der Waals surface area contributed by atoms with E-state index in [-0.39, 0.29) is 0 Å². The van der Waals surface area contributed by atoms with E-state index in [1.807, 2.05) is 19.1 Å². The van der Waals surface area contributed by atoms with Crippen LogP contribution in [0.4, 0.5) is 0 Å². The molecule has 1 fully saturated rings. The summed E-state index contributed by atoms with van der Waals surface area (Å²) in [5, 5.41) is 0.505. The van der Waals surface area contributed by atoms with Gasteiger partial charge in [-0.2, -0.15) is 0 Å². The lowest BCUT2D eigenvalue weighted by atomic mass is 10.3. The Balaban J connectivity index is 2.01. The van der Waals surface area contributed by atoms with Gasteiger partial charge < -0.3 is 4.74 Å². The fourth-order valence-corrected chi connectivity index (χ4v) is 1.41. The first kappa shape index (κ1) is 8.82. The molecule has 0 saturated heterocycles. The lowest BCUT2D eigenvalue weighted by molar-refractivity contribution is 0.288. The fraction of sp³-hybridized carbons (Fsp3) is 0.500. The first-order chi connectivity index (χ1) is 6.24. The van der Waals surface area contributed by atoms with Crippen molar-refractivity contribution in [1.29, 1.82) is 0 Å². The molecule has 0 aromatic carbocycles. The van der Waals surface area contributed by atoms with E-state index in [0.717, 1.165) is 18.1 Å². The van der Waals surface area contributed by atoms with Crippen LogP contribution in [-0.4, -0.2) is 11.6 Å². The van der Waals surface area contributed by atoms with Crippen LogP contribution in [0.3, 0.4) is 0 Å². The Bertz CT molecular complexity index is 290. The van der Waals surface area contributed by atoms with Crippen molar-refractivity contribution >= 4 is 11.6 Å². The SMILES string of the molecule is Cc1cc(Cl)nc(OCC2CC2)c1. The van der Waals surface area contributed by atoms with Crippen LogP contribution >= 0.6 is 11.6 Å². The molecule has 0 amide bonds. The van der Waals surface area contributed by atoms with Gasteiger partial charge in [-0.1, -0.05) is 11.6 Å². The molecule has 70 valence electrons. The Hall–Kier alpha value is -0.760. The Labute approximate surface area is 82.9 Å². The number of pyridine rings is 1. The van der Waals surface area contributed by atoms with Crippen molar-refractivity contribution in [3.05, 3.63) is 22.8 Å². The van der Waals surface area contributed by atoms with Crippen molar-refractivity contribution in [2.45, 2.75) is 19.8 Å². The second kappa shape index (κ2) is 3.54. The highest BCUT2D eigenvalue weighted by Crippen LogP contribution is 2.29. The summed E-state index contributed by atoms with van der Waals surface area (Å²) in [6, 6.07) is 3.74. The molecule has 2 nitrogen and oxygen atoms in total. The third kappa shape index (κ3) is 2.59. The summed E-state index contributed by atoms with van der Waals surface area (Å²) in [4.78, 5) is 4.08. The van der Waals surface area contributed by atoms with Gasteiger partial charge in [0.25, 0.3) is 0 Å². The highest BCUT2D eigenvalue weighted by molar-refractivity contribution is 6.29. The summed E-state index contributed by atoms with van der Waals surface area (Å²) in [6.45, 7) is 2.77. The van der Waals surface area contributed by atoms with Gasteiger partial charge in [0.2, 0.25) is 5.88 Å². The van der Waals surface area contributed by atoms with Gasteiger partial charge in [0.1, 0.15) is 5.15 Å². The molecule has 0 spiro atoms. The molecule has 0 aliphatic heterocycles. The van der Waals surface area contributed by atoms with Gasteiger partial charge in [-0.25, -0.2) is 4.98 Å². The molecule has 2 rings (SSSR count). The maximum absolute atomic E-state index is 5.79. The summed E-state index contributed by atoms with van der Waals surface area (Å²) < 4.78 is 5.50. The van der Waals surface area contributed by atoms with Gasteiger partial charge >= 0.3 is 0 Å². The molecule has 1 aromatic heterocycles. The Morgan fingerprint density at radius 3 is 2.92 bits per heavy atom. The topological polar surface area (TPSA) is 22.1 Å². The van der Waals surface area contributed by atoms with E-state index in [9.17, 15) is 0 Å². The van der Waals surface area contributed by atoms with Gasteiger partial charge in [-0.05, 0) is 37.3 Å². The molecule has 1 aliphatic carbocycles. The van der Waals surface area contributed by atoms with Gasteiger partial charge in [0.05, 0.1) is 6.61 Å².